The maximum atomic E-state index is 11.9. The first-order chi connectivity index (χ1) is 12.6. The number of nitrogens with zero attached hydrogens (tertiary/aromatic N) is 1. The lowest BCUT2D eigenvalue weighted by Gasteiger charge is -2.05. The fourth-order valence-corrected chi connectivity index (χ4v) is 3.40. The highest BCUT2D eigenvalue weighted by atomic mass is 35.5. The summed E-state index contributed by atoms with van der Waals surface area (Å²) in [4.78, 5) is 11.9. The van der Waals surface area contributed by atoms with Crippen molar-refractivity contribution in [3.63, 3.8) is 0 Å². The van der Waals surface area contributed by atoms with Gasteiger partial charge in [0.2, 0.25) is 0 Å². The van der Waals surface area contributed by atoms with Crippen molar-refractivity contribution >= 4 is 28.3 Å². The lowest BCUT2D eigenvalue weighted by molar-refractivity contribution is 0.101. The molecule has 0 aliphatic carbocycles. The molecule has 0 amide bonds. The molecule has 2 aromatic carbocycles. The fraction of sp³-hybridized carbons (Fsp3) is 0.227. The number of aryl methyl sites for hydroxylation is 1. The van der Waals surface area contributed by atoms with Crippen molar-refractivity contribution in [2.24, 2.45) is 0 Å². The normalized spacial score (nSPS) is 10.4. The maximum absolute atomic E-state index is 11.9. The largest absolute Gasteiger partial charge is 0.497 e. The van der Waals surface area contributed by atoms with Gasteiger partial charge in [-0.15, -0.1) is 0 Å². The summed E-state index contributed by atoms with van der Waals surface area (Å²) in [6.07, 6.45) is 1.61. The third-order valence-corrected chi connectivity index (χ3v) is 4.66. The number of benzene rings is 2. The van der Waals surface area contributed by atoms with Gasteiger partial charge in [0.1, 0.15) is 10.9 Å². The molecule has 0 radical (unpaired) electrons. The molecule has 1 heterocycles. The van der Waals surface area contributed by atoms with Crippen molar-refractivity contribution in [2.75, 3.05) is 7.11 Å². The number of hydrogen-bond acceptors (Lipinski definition) is 2. The molecule has 3 nitrogen and oxygen atoms in total. The number of Topliss-reactive ketones (excluding diaryl/α,β-unsaturated/α-hetero) is 1. The molecule has 0 atom stereocenters. The van der Waals surface area contributed by atoms with Gasteiger partial charge in [-0.05, 0) is 43.7 Å². The van der Waals surface area contributed by atoms with Gasteiger partial charge in [-0.1, -0.05) is 41.6 Å². The van der Waals surface area contributed by atoms with E-state index in [-0.39, 0.29) is 5.78 Å². The van der Waals surface area contributed by atoms with E-state index in [1.54, 1.807) is 14.0 Å². The van der Waals surface area contributed by atoms with Crippen LogP contribution in [0, 0.1) is 11.8 Å². The molecule has 3 rings (SSSR count). The molecule has 0 aliphatic rings. The molecule has 1 aromatic heterocycles. The molecule has 0 saturated carbocycles. The van der Waals surface area contributed by atoms with E-state index >= 15 is 0 Å². The first kappa shape index (κ1) is 18.1. The lowest BCUT2D eigenvalue weighted by atomic mass is 10.1. The summed E-state index contributed by atoms with van der Waals surface area (Å²) in [5, 5.41) is 1.43. The number of ketones is 1. The van der Waals surface area contributed by atoms with Crippen LogP contribution in [-0.4, -0.2) is 17.5 Å². The van der Waals surface area contributed by atoms with Crippen LogP contribution in [0.3, 0.4) is 0 Å². The average molecular weight is 366 g/mol. The minimum absolute atomic E-state index is 0.00996. The minimum atomic E-state index is -0.00996. The monoisotopic (exact) mass is 365 g/mol. The van der Waals surface area contributed by atoms with Crippen molar-refractivity contribution in [2.45, 2.75) is 26.3 Å². The maximum Gasteiger partial charge on any atom is 0.163 e. The minimum Gasteiger partial charge on any atom is -0.497 e. The number of para-hydroxylation sites is 1. The number of aromatic nitrogens is 1. The van der Waals surface area contributed by atoms with E-state index in [1.807, 2.05) is 53.1 Å². The predicted octanol–water partition coefficient (Wildman–Crippen LogP) is 5.34. The van der Waals surface area contributed by atoms with E-state index in [9.17, 15) is 4.79 Å². The Bertz CT molecular complexity index is 991. The summed E-state index contributed by atoms with van der Waals surface area (Å²) < 4.78 is 7.14. The highest BCUT2D eigenvalue weighted by Gasteiger charge is 2.17. The molecule has 0 unspecified atom stereocenters. The third kappa shape index (κ3) is 3.76. The van der Waals surface area contributed by atoms with E-state index < -0.39 is 0 Å². The molecule has 4 heteroatoms. The second-order valence-electron chi connectivity index (χ2n) is 6.02. The Morgan fingerprint density at radius 2 is 1.88 bits per heavy atom. The molecule has 0 spiro atoms. The zero-order valence-corrected chi connectivity index (χ0v) is 15.6. The van der Waals surface area contributed by atoms with Crippen LogP contribution in [-0.2, 0) is 6.54 Å². The summed E-state index contributed by atoms with van der Waals surface area (Å²) in [5.41, 5.74) is 2.56. The van der Waals surface area contributed by atoms with Gasteiger partial charge in [0.25, 0.3) is 0 Å². The number of unbranched alkanes of at least 4 members (excludes halogenated alkanes) is 1. The third-order valence-electron chi connectivity index (χ3n) is 4.27. The number of hydrogen-bond donors (Lipinski definition) is 0. The summed E-state index contributed by atoms with van der Waals surface area (Å²) in [6, 6.07) is 15.5. The number of fused-ring (bicyclic) bond motifs is 1. The van der Waals surface area contributed by atoms with E-state index in [0.29, 0.717) is 10.7 Å². The second kappa shape index (κ2) is 8.12. The van der Waals surface area contributed by atoms with Crippen LogP contribution >= 0.6 is 11.6 Å². The van der Waals surface area contributed by atoms with Gasteiger partial charge < -0.3 is 9.30 Å². The molecule has 0 fully saturated rings. The van der Waals surface area contributed by atoms with Gasteiger partial charge in [-0.2, -0.15) is 0 Å². The Balaban J connectivity index is 1.70. The van der Waals surface area contributed by atoms with Crippen molar-refractivity contribution in [3.05, 3.63) is 64.8 Å². The fourth-order valence-electron chi connectivity index (χ4n) is 2.99. The molecule has 3 aromatic rings. The number of carbonyl (C=O) groups excluding carboxylic acids is 1. The summed E-state index contributed by atoms with van der Waals surface area (Å²) in [5.74, 6) is 7.16. The van der Waals surface area contributed by atoms with Crippen LogP contribution in [0.25, 0.3) is 10.9 Å². The Morgan fingerprint density at radius 3 is 2.58 bits per heavy atom. The number of ether oxygens (including phenoxy) is 1. The molecule has 0 aliphatic heterocycles. The number of carbonyl (C=O) groups is 1. The Morgan fingerprint density at radius 1 is 1.15 bits per heavy atom. The van der Waals surface area contributed by atoms with Crippen LogP contribution in [0.5, 0.6) is 5.75 Å². The SMILES string of the molecule is COc1ccc(C#CCCCn2c(Cl)c(C(C)=O)c3ccccc32)cc1. The quantitative estimate of drug-likeness (QED) is 0.347. The van der Waals surface area contributed by atoms with Crippen LogP contribution in [0.1, 0.15) is 35.7 Å². The first-order valence-electron chi connectivity index (χ1n) is 8.52. The van der Waals surface area contributed by atoms with E-state index in [1.165, 1.54) is 0 Å². The lowest BCUT2D eigenvalue weighted by Crippen LogP contribution is -1.99. The predicted molar refractivity (Wildman–Crippen MR) is 106 cm³/mol. The molecule has 132 valence electrons. The van der Waals surface area contributed by atoms with Gasteiger partial charge >= 0.3 is 0 Å². The van der Waals surface area contributed by atoms with Crippen molar-refractivity contribution in [1.82, 2.24) is 4.57 Å². The Kier molecular flexibility index (Phi) is 5.65. The van der Waals surface area contributed by atoms with Gasteiger partial charge in [0, 0.05) is 29.4 Å². The molecule has 0 saturated heterocycles. The van der Waals surface area contributed by atoms with Crippen molar-refractivity contribution < 1.29 is 9.53 Å². The Labute approximate surface area is 158 Å². The summed E-state index contributed by atoms with van der Waals surface area (Å²) in [7, 11) is 1.65. The first-order valence-corrected chi connectivity index (χ1v) is 8.90. The summed E-state index contributed by atoms with van der Waals surface area (Å²) >= 11 is 6.48. The van der Waals surface area contributed by atoms with Gasteiger partial charge in [-0.25, -0.2) is 0 Å². The van der Waals surface area contributed by atoms with Crippen molar-refractivity contribution in [3.8, 4) is 17.6 Å². The van der Waals surface area contributed by atoms with Gasteiger partial charge in [0.15, 0.2) is 5.78 Å². The van der Waals surface area contributed by atoms with Gasteiger partial charge in [0.05, 0.1) is 12.7 Å². The van der Waals surface area contributed by atoms with Crippen molar-refractivity contribution in [1.29, 1.82) is 0 Å². The van der Waals surface area contributed by atoms with Crippen LogP contribution < -0.4 is 4.74 Å². The van der Waals surface area contributed by atoms with E-state index in [4.69, 9.17) is 16.3 Å². The standard InChI is InChI=1S/C22H20ClNO2/c1-16(25)21-19-9-5-6-10-20(19)24(22(21)23)15-7-3-4-8-17-11-13-18(26-2)14-12-17/h5-6,9-14H,3,7,15H2,1-2H3. The van der Waals surface area contributed by atoms with Crippen LogP contribution in [0.4, 0.5) is 0 Å². The zero-order chi connectivity index (χ0) is 18.5. The Hall–Kier alpha value is -2.70. The van der Waals surface area contributed by atoms with E-state index in [0.717, 1.165) is 41.6 Å². The zero-order valence-electron chi connectivity index (χ0n) is 14.9. The van der Waals surface area contributed by atoms with Crippen LogP contribution in [0.15, 0.2) is 48.5 Å². The molecular formula is C22H20ClNO2. The van der Waals surface area contributed by atoms with E-state index in [2.05, 4.69) is 11.8 Å². The number of methoxy groups -OCH3 is 1. The molecular weight excluding hydrogens is 346 g/mol. The molecule has 0 N–H and O–H groups in total. The molecule has 26 heavy (non-hydrogen) atoms. The smallest absolute Gasteiger partial charge is 0.163 e. The summed E-state index contributed by atoms with van der Waals surface area (Å²) in [6.45, 7) is 2.28. The highest BCUT2D eigenvalue weighted by Crippen LogP contribution is 2.30. The van der Waals surface area contributed by atoms with Crippen LogP contribution in [0.2, 0.25) is 5.15 Å². The van der Waals surface area contributed by atoms with Gasteiger partial charge in [-0.3, -0.25) is 4.79 Å². The number of rotatable bonds is 5. The highest BCUT2D eigenvalue weighted by molar-refractivity contribution is 6.35. The second-order valence-corrected chi connectivity index (χ2v) is 6.38. The topological polar surface area (TPSA) is 31.2 Å². The molecule has 0 bridgehead atoms. The number of halogens is 1. The average Bonchev–Trinajstić information content (AvgIpc) is 2.94.